The SMILES string of the molecule is Cc1ccccc1S(=O)(=O)c1ccccc1C(=O)C(O)c1ccccc1. The Bertz CT molecular complexity index is 1040. The number of benzene rings is 3. The second kappa shape index (κ2) is 7.23. The van der Waals surface area contributed by atoms with Gasteiger partial charge >= 0.3 is 0 Å². The van der Waals surface area contributed by atoms with Crippen molar-refractivity contribution >= 4 is 15.6 Å². The van der Waals surface area contributed by atoms with E-state index in [0.717, 1.165) is 0 Å². The lowest BCUT2D eigenvalue weighted by Gasteiger charge is -2.14. The van der Waals surface area contributed by atoms with Gasteiger partial charge in [0.1, 0.15) is 6.10 Å². The molecule has 4 nitrogen and oxygen atoms in total. The molecule has 0 radical (unpaired) electrons. The minimum Gasteiger partial charge on any atom is -0.380 e. The van der Waals surface area contributed by atoms with Crippen molar-refractivity contribution in [2.24, 2.45) is 0 Å². The summed E-state index contributed by atoms with van der Waals surface area (Å²) in [4.78, 5) is 12.9. The van der Waals surface area contributed by atoms with Gasteiger partial charge in [0.2, 0.25) is 9.84 Å². The molecular weight excluding hydrogens is 348 g/mol. The summed E-state index contributed by atoms with van der Waals surface area (Å²) in [7, 11) is -3.89. The summed E-state index contributed by atoms with van der Waals surface area (Å²) in [5.41, 5.74) is 0.992. The predicted molar refractivity (Wildman–Crippen MR) is 98.8 cm³/mol. The van der Waals surface area contributed by atoms with Gasteiger partial charge in [-0.2, -0.15) is 0 Å². The summed E-state index contributed by atoms with van der Waals surface area (Å²) in [5.74, 6) is -0.649. The number of rotatable bonds is 5. The largest absolute Gasteiger partial charge is 0.380 e. The van der Waals surface area contributed by atoms with E-state index in [2.05, 4.69) is 0 Å². The minimum atomic E-state index is -3.89. The van der Waals surface area contributed by atoms with Crippen LogP contribution >= 0.6 is 0 Å². The fourth-order valence-corrected chi connectivity index (χ4v) is 4.52. The first-order valence-electron chi connectivity index (χ1n) is 8.10. The van der Waals surface area contributed by atoms with Gasteiger partial charge in [-0.3, -0.25) is 4.79 Å². The molecule has 0 amide bonds. The van der Waals surface area contributed by atoms with Crippen LogP contribution in [0.15, 0.2) is 88.7 Å². The van der Waals surface area contributed by atoms with E-state index in [1.54, 1.807) is 67.6 Å². The van der Waals surface area contributed by atoms with E-state index in [9.17, 15) is 18.3 Å². The molecule has 0 aromatic heterocycles. The first-order valence-corrected chi connectivity index (χ1v) is 9.58. The summed E-state index contributed by atoms with van der Waals surface area (Å²) in [6.07, 6.45) is -1.43. The van der Waals surface area contributed by atoms with Crippen molar-refractivity contribution in [3.05, 3.63) is 95.6 Å². The zero-order chi connectivity index (χ0) is 18.7. The van der Waals surface area contributed by atoms with Gasteiger partial charge in [0.15, 0.2) is 5.78 Å². The second-order valence-corrected chi connectivity index (χ2v) is 7.83. The van der Waals surface area contributed by atoms with Crippen LogP contribution < -0.4 is 0 Å². The van der Waals surface area contributed by atoms with E-state index in [1.165, 1.54) is 18.2 Å². The smallest absolute Gasteiger partial charge is 0.207 e. The monoisotopic (exact) mass is 366 g/mol. The van der Waals surface area contributed by atoms with Crippen LogP contribution in [0.1, 0.15) is 27.6 Å². The lowest BCUT2D eigenvalue weighted by atomic mass is 10.00. The van der Waals surface area contributed by atoms with Gasteiger partial charge in [-0.05, 0) is 36.2 Å². The summed E-state index contributed by atoms with van der Waals surface area (Å²) in [6.45, 7) is 1.70. The van der Waals surface area contributed by atoms with E-state index in [1.807, 2.05) is 0 Å². The number of aliphatic hydroxyl groups excluding tert-OH is 1. The lowest BCUT2D eigenvalue weighted by Crippen LogP contribution is -2.17. The third kappa shape index (κ3) is 3.31. The van der Waals surface area contributed by atoms with Crippen LogP contribution in [0.4, 0.5) is 0 Å². The van der Waals surface area contributed by atoms with E-state index < -0.39 is 21.7 Å². The van der Waals surface area contributed by atoms with Gasteiger partial charge in [-0.25, -0.2) is 8.42 Å². The third-order valence-electron chi connectivity index (χ3n) is 4.19. The zero-order valence-corrected chi connectivity index (χ0v) is 15.0. The fraction of sp³-hybridized carbons (Fsp3) is 0.0952. The first-order chi connectivity index (χ1) is 12.4. The molecule has 3 aromatic carbocycles. The van der Waals surface area contributed by atoms with Crippen LogP contribution in [0.25, 0.3) is 0 Å². The number of carbonyl (C=O) groups excluding carboxylic acids is 1. The second-order valence-electron chi connectivity index (χ2n) is 5.94. The molecule has 0 aliphatic heterocycles. The van der Waals surface area contributed by atoms with Gasteiger partial charge in [-0.15, -0.1) is 0 Å². The standard InChI is InChI=1S/C21H18O4S/c1-15-9-5-7-13-18(15)26(24,25)19-14-8-6-12-17(19)21(23)20(22)16-10-3-2-4-11-16/h2-14,20,22H,1H3. The van der Waals surface area contributed by atoms with E-state index in [4.69, 9.17) is 0 Å². The number of ketones is 1. The Kier molecular flexibility index (Phi) is 5.02. The summed E-state index contributed by atoms with van der Waals surface area (Å²) in [6, 6.07) is 21.0. The molecule has 26 heavy (non-hydrogen) atoms. The molecule has 1 N–H and O–H groups in total. The molecule has 0 bridgehead atoms. The van der Waals surface area contributed by atoms with E-state index in [0.29, 0.717) is 11.1 Å². The summed E-state index contributed by atoms with van der Waals surface area (Å²) < 4.78 is 26.2. The summed E-state index contributed by atoms with van der Waals surface area (Å²) in [5, 5.41) is 10.4. The van der Waals surface area contributed by atoms with Crippen molar-refractivity contribution < 1.29 is 18.3 Å². The molecule has 0 aliphatic carbocycles. The number of hydrogen-bond acceptors (Lipinski definition) is 4. The highest BCUT2D eigenvalue weighted by molar-refractivity contribution is 7.91. The van der Waals surface area contributed by atoms with E-state index >= 15 is 0 Å². The number of hydrogen-bond donors (Lipinski definition) is 1. The topological polar surface area (TPSA) is 71.4 Å². The number of Topliss-reactive ketones (excluding diaryl/α,β-unsaturated/α-hetero) is 1. The van der Waals surface area contributed by atoms with Gasteiger partial charge in [-0.1, -0.05) is 60.7 Å². The summed E-state index contributed by atoms with van der Waals surface area (Å²) >= 11 is 0. The Morgan fingerprint density at radius 2 is 1.35 bits per heavy atom. The van der Waals surface area contributed by atoms with Gasteiger partial charge < -0.3 is 5.11 Å². The lowest BCUT2D eigenvalue weighted by molar-refractivity contribution is 0.0744. The Labute approximate surface area is 152 Å². The Morgan fingerprint density at radius 1 is 0.808 bits per heavy atom. The molecule has 1 unspecified atom stereocenters. The average molecular weight is 366 g/mol. The number of sulfone groups is 1. The van der Waals surface area contributed by atoms with Crippen molar-refractivity contribution in [3.8, 4) is 0 Å². The molecule has 1 atom stereocenters. The quantitative estimate of drug-likeness (QED) is 0.698. The van der Waals surface area contributed by atoms with Crippen molar-refractivity contribution in [1.82, 2.24) is 0 Å². The third-order valence-corrected chi connectivity index (χ3v) is 6.16. The van der Waals surface area contributed by atoms with Gasteiger partial charge in [0.25, 0.3) is 0 Å². The van der Waals surface area contributed by atoms with Crippen LogP contribution in [-0.2, 0) is 9.84 Å². The Hall–Kier alpha value is -2.76. The van der Waals surface area contributed by atoms with Crippen LogP contribution in [0, 0.1) is 6.92 Å². The first kappa shape index (κ1) is 18.0. The van der Waals surface area contributed by atoms with Crippen LogP contribution in [-0.4, -0.2) is 19.3 Å². The predicted octanol–water partition coefficient (Wildman–Crippen LogP) is 3.74. The highest BCUT2D eigenvalue weighted by Gasteiger charge is 2.28. The number of carbonyl (C=O) groups is 1. The zero-order valence-electron chi connectivity index (χ0n) is 14.2. The van der Waals surface area contributed by atoms with Crippen molar-refractivity contribution in [2.45, 2.75) is 22.8 Å². The normalized spacial score (nSPS) is 12.5. The number of aryl methyl sites for hydroxylation is 1. The molecule has 3 aromatic rings. The Balaban J connectivity index is 2.10. The minimum absolute atomic E-state index is 0.0212. The molecule has 3 rings (SSSR count). The molecular formula is C21H18O4S. The van der Waals surface area contributed by atoms with Crippen LogP contribution in [0.3, 0.4) is 0 Å². The number of aliphatic hydroxyl groups is 1. The average Bonchev–Trinajstić information content (AvgIpc) is 2.67. The molecule has 0 saturated carbocycles. The van der Waals surface area contributed by atoms with Crippen molar-refractivity contribution in [1.29, 1.82) is 0 Å². The maximum atomic E-state index is 13.1. The molecule has 0 fully saturated rings. The molecule has 0 aliphatic rings. The van der Waals surface area contributed by atoms with Crippen LogP contribution in [0.2, 0.25) is 0 Å². The molecule has 0 saturated heterocycles. The van der Waals surface area contributed by atoms with Gasteiger partial charge in [0, 0.05) is 5.56 Å². The highest BCUT2D eigenvalue weighted by Crippen LogP contribution is 2.29. The maximum Gasteiger partial charge on any atom is 0.207 e. The molecule has 132 valence electrons. The fourth-order valence-electron chi connectivity index (χ4n) is 2.81. The molecule has 5 heteroatoms. The highest BCUT2D eigenvalue weighted by atomic mass is 32.2. The van der Waals surface area contributed by atoms with Crippen LogP contribution in [0.5, 0.6) is 0 Å². The molecule has 0 heterocycles. The maximum absolute atomic E-state index is 13.1. The van der Waals surface area contributed by atoms with E-state index in [-0.39, 0.29) is 15.4 Å². The molecule has 0 spiro atoms. The van der Waals surface area contributed by atoms with Crippen molar-refractivity contribution in [3.63, 3.8) is 0 Å². The van der Waals surface area contributed by atoms with Gasteiger partial charge in [0.05, 0.1) is 9.79 Å². The Morgan fingerprint density at radius 3 is 2.00 bits per heavy atom. The van der Waals surface area contributed by atoms with Crippen molar-refractivity contribution in [2.75, 3.05) is 0 Å².